The van der Waals surface area contributed by atoms with Crippen molar-refractivity contribution in [2.45, 2.75) is 31.9 Å². The number of rotatable bonds is 7. The van der Waals surface area contributed by atoms with Gasteiger partial charge in [-0.15, -0.1) is 0 Å². The van der Waals surface area contributed by atoms with Gasteiger partial charge in [-0.2, -0.15) is 0 Å². The molecule has 2 aromatic carbocycles. The van der Waals surface area contributed by atoms with Gasteiger partial charge in [0, 0.05) is 12.6 Å². The zero-order chi connectivity index (χ0) is 17.3. The molecule has 1 amide bonds. The first kappa shape index (κ1) is 17.5. The number of hydrogen-bond acceptors (Lipinski definition) is 3. The number of likely N-dealkylation sites (tertiary alicyclic amines) is 1. The van der Waals surface area contributed by atoms with E-state index in [1.54, 1.807) is 0 Å². The molecule has 1 atom stereocenters. The Morgan fingerprint density at radius 2 is 1.56 bits per heavy atom. The second-order valence-corrected chi connectivity index (χ2v) is 6.60. The van der Waals surface area contributed by atoms with Gasteiger partial charge in [-0.05, 0) is 43.5 Å². The smallest absolute Gasteiger partial charge is 0.407 e. The van der Waals surface area contributed by atoms with Crippen LogP contribution in [0.25, 0.3) is 0 Å². The fraction of sp³-hybridized carbons (Fsp3) is 0.381. The van der Waals surface area contributed by atoms with E-state index in [1.165, 1.54) is 18.4 Å². The van der Waals surface area contributed by atoms with E-state index in [0.717, 1.165) is 31.6 Å². The van der Waals surface area contributed by atoms with E-state index < -0.39 is 0 Å². The maximum absolute atomic E-state index is 12.2. The summed E-state index contributed by atoms with van der Waals surface area (Å²) in [4.78, 5) is 14.7. The molecule has 4 nitrogen and oxygen atoms in total. The molecule has 0 aromatic heterocycles. The molecule has 4 heteroatoms. The number of carbonyl (C=O) groups excluding carboxylic acids is 1. The van der Waals surface area contributed by atoms with Crippen molar-refractivity contribution in [1.29, 1.82) is 0 Å². The average molecular weight is 338 g/mol. The molecule has 0 radical (unpaired) electrons. The van der Waals surface area contributed by atoms with E-state index in [0.29, 0.717) is 6.61 Å². The van der Waals surface area contributed by atoms with Crippen LogP contribution in [0.1, 0.15) is 24.0 Å². The topological polar surface area (TPSA) is 41.6 Å². The number of benzene rings is 2. The van der Waals surface area contributed by atoms with Crippen LogP contribution in [0.4, 0.5) is 4.79 Å². The summed E-state index contributed by atoms with van der Waals surface area (Å²) in [5.74, 6) is 0. The molecule has 25 heavy (non-hydrogen) atoms. The molecule has 0 aliphatic carbocycles. The Balaban J connectivity index is 1.54. The first-order valence-corrected chi connectivity index (χ1v) is 9.03. The Morgan fingerprint density at radius 3 is 2.20 bits per heavy atom. The molecule has 3 rings (SSSR count). The van der Waals surface area contributed by atoms with Gasteiger partial charge in [0.05, 0.1) is 0 Å². The van der Waals surface area contributed by atoms with Crippen LogP contribution in [0.3, 0.4) is 0 Å². The number of nitrogens with zero attached hydrogens (tertiary/aromatic N) is 1. The number of alkyl carbamates (subject to hydrolysis) is 1. The second-order valence-electron chi connectivity index (χ2n) is 6.60. The van der Waals surface area contributed by atoms with Gasteiger partial charge in [-0.3, -0.25) is 0 Å². The average Bonchev–Trinajstić information content (AvgIpc) is 3.15. The van der Waals surface area contributed by atoms with Crippen LogP contribution in [0.15, 0.2) is 60.7 Å². The van der Waals surface area contributed by atoms with Gasteiger partial charge >= 0.3 is 6.09 Å². The number of hydrogen-bond donors (Lipinski definition) is 1. The van der Waals surface area contributed by atoms with Crippen LogP contribution in [0.5, 0.6) is 0 Å². The fourth-order valence-electron chi connectivity index (χ4n) is 3.27. The molecule has 0 bridgehead atoms. The first-order chi connectivity index (χ1) is 12.3. The van der Waals surface area contributed by atoms with Crippen molar-refractivity contribution >= 4 is 6.09 Å². The highest BCUT2D eigenvalue weighted by atomic mass is 16.5. The maximum atomic E-state index is 12.2. The minimum Gasteiger partial charge on any atom is -0.445 e. The Labute approximate surface area is 149 Å². The highest BCUT2D eigenvalue weighted by Gasteiger charge is 2.20. The monoisotopic (exact) mass is 338 g/mol. The third-order valence-electron chi connectivity index (χ3n) is 4.54. The third-order valence-corrected chi connectivity index (χ3v) is 4.54. The summed E-state index contributed by atoms with van der Waals surface area (Å²) in [5, 5.41) is 3.06. The fourth-order valence-corrected chi connectivity index (χ4v) is 3.27. The molecule has 1 N–H and O–H groups in total. The van der Waals surface area contributed by atoms with Gasteiger partial charge in [0.1, 0.15) is 6.61 Å². The number of carbonyl (C=O) groups is 1. The Kier molecular flexibility index (Phi) is 6.46. The van der Waals surface area contributed by atoms with E-state index in [2.05, 4.69) is 22.3 Å². The van der Waals surface area contributed by atoms with Crippen molar-refractivity contribution in [3.05, 3.63) is 71.8 Å². The lowest BCUT2D eigenvalue weighted by molar-refractivity contribution is 0.132. The summed E-state index contributed by atoms with van der Waals surface area (Å²) in [6, 6.07) is 20.1. The lowest BCUT2D eigenvalue weighted by Gasteiger charge is -2.24. The van der Waals surface area contributed by atoms with Crippen LogP contribution in [-0.2, 0) is 17.8 Å². The van der Waals surface area contributed by atoms with Gasteiger partial charge in [-0.1, -0.05) is 60.7 Å². The Hall–Kier alpha value is -2.33. The summed E-state index contributed by atoms with van der Waals surface area (Å²) in [5.41, 5.74) is 2.23. The van der Waals surface area contributed by atoms with Gasteiger partial charge in [0.25, 0.3) is 0 Å². The van der Waals surface area contributed by atoms with Crippen molar-refractivity contribution in [3.63, 3.8) is 0 Å². The van der Waals surface area contributed by atoms with E-state index in [-0.39, 0.29) is 12.1 Å². The number of amides is 1. The standard InChI is InChI=1S/C21H26N2O2/c24-21(25-17-19-11-5-2-6-12-19)22-20(16-23-13-7-8-14-23)15-18-9-3-1-4-10-18/h1-6,9-12,20H,7-8,13-17H2,(H,22,24)/t20-/m0/s1. The largest absolute Gasteiger partial charge is 0.445 e. The molecule has 132 valence electrons. The first-order valence-electron chi connectivity index (χ1n) is 9.03. The lowest BCUT2D eigenvalue weighted by Crippen LogP contribution is -2.44. The van der Waals surface area contributed by atoms with E-state index in [9.17, 15) is 4.79 Å². The SMILES string of the molecule is O=C(N[C@@H](Cc1ccccc1)CN1CCCC1)OCc1ccccc1. The Bertz CT molecular complexity index is 639. The summed E-state index contributed by atoms with van der Waals surface area (Å²) in [7, 11) is 0. The van der Waals surface area contributed by atoms with Gasteiger partial charge in [0.15, 0.2) is 0 Å². The molecule has 1 aliphatic heterocycles. The molecular weight excluding hydrogens is 312 g/mol. The van der Waals surface area contributed by atoms with E-state index in [4.69, 9.17) is 4.74 Å². The summed E-state index contributed by atoms with van der Waals surface area (Å²) in [6.07, 6.45) is 2.97. The molecule has 0 unspecified atom stereocenters. The predicted molar refractivity (Wildman–Crippen MR) is 99.4 cm³/mol. The second kappa shape index (κ2) is 9.23. The molecule has 0 spiro atoms. The third kappa shape index (κ3) is 5.91. The van der Waals surface area contributed by atoms with Crippen molar-refractivity contribution in [3.8, 4) is 0 Å². The normalized spacial score (nSPS) is 15.7. The summed E-state index contributed by atoms with van der Waals surface area (Å²) < 4.78 is 5.39. The highest BCUT2D eigenvalue weighted by molar-refractivity contribution is 5.67. The zero-order valence-corrected chi connectivity index (χ0v) is 14.6. The molecule has 1 fully saturated rings. The molecule has 1 saturated heterocycles. The van der Waals surface area contributed by atoms with Gasteiger partial charge in [0.2, 0.25) is 0 Å². The summed E-state index contributed by atoms with van der Waals surface area (Å²) >= 11 is 0. The van der Waals surface area contributed by atoms with Crippen LogP contribution >= 0.6 is 0 Å². The predicted octanol–water partition coefficient (Wildman–Crippen LogP) is 3.62. The molecule has 0 saturated carbocycles. The summed E-state index contributed by atoms with van der Waals surface area (Å²) in [6.45, 7) is 3.40. The van der Waals surface area contributed by atoms with Crippen molar-refractivity contribution in [2.24, 2.45) is 0 Å². The van der Waals surface area contributed by atoms with Crippen molar-refractivity contribution in [1.82, 2.24) is 10.2 Å². The van der Waals surface area contributed by atoms with Crippen molar-refractivity contribution < 1.29 is 9.53 Å². The van der Waals surface area contributed by atoms with Crippen LogP contribution in [0, 0.1) is 0 Å². The zero-order valence-electron chi connectivity index (χ0n) is 14.6. The molecular formula is C21H26N2O2. The number of nitrogens with one attached hydrogen (secondary N) is 1. The Morgan fingerprint density at radius 1 is 0.960 bits per heavy atom. The molecule has 1 heterocycles. The van der Waals surface area contributed by atoms with E-state index in [1.807, 2.05) is 48.5 Å². The minimum absolute atomic E-state index is 0.0590. The van der Waals surface area contributed by atoms with Gasteiger partial charge < -0.3 is 15.0 Å². The van der Waals surface area contributed by atoms with Crippen LogP contribution in [-0.4, -0.2) is 36.7 Å². The maximum Gasteiger partial charge on any atom is 0.407 e. The quantitative estimate of drug-likeness (QED) is 0.838. The van der Waals surface area contributed by atoms with Crippen LogP contribution < -0.4 is 5.32 Å². The molecule has 1 aliphatic rings. The highest BCUT2D eigenvalue weighted by Crippen LogP contribution is 2.11. The number of ether oxygens (including phenoxy) is 1. The van der Waals surface area contributed by atoms with E-state index >= 15 is 0 Å². The minimum atomic E-state index is -0.344. The van der Waals surface area contributed by atoms with Crippen LogP contribution in [0.2, 0.25) is 0 Å². The lowest BCUT2D eigenvalue weighted by atomic mass is 10.1. The van der Waals surface area contributed by atoms with Crippen molar-refractivity contribution in [2.75, 3.05) is 19.6 Å². The molecule has 2 aromatic rings. The van der Waals surface area contributed by atoms with Gasteiger partial charge in [-0.25, -0.2) is 4.79 Å².